The first-order chi connectivity index (χ1) is 13.3. The summed E-state index contributed by atoms with van der Waals surface area (Å²) in [5.41, 5.74) is 2.40. The van der Waals surface area contributed by atoms with Gasteiger partial charge in [-0.15, -0.1) is 0 Å². The Hall–Kier alpha value is -2.38. The average molecular weight is 373 g/mol. The molecule has 1 unspecified atom stereocenters. The number of likely N-dealkylation sites (tertiary alicyclic amines) is 1. The molecule has 2 fully saturated rings. The Morgan fingerprint density at radius 1 is 1.37 bits per heavy atom. The SMILES string of the molecule is COc1ccc(-c2nccn2C2CCOC2)cc1CN1CCCC1.O=CO. The van der Waals surface area contributed by atoms with Gasteiger partial charge in [-0.3, -0.25) is 9.69 Å². The maximum Gasteiger partial charge on any atom is 0.290 e. The van der Waals surface area contributed by atoms with Crippen molar-refractivity contribution < 1.29 is 19.4 Å². The van der Waals surface area contributed by atoms with Crippen molar-refractivity contribution in [1.82, 2.24) is 14.5 Å². The van der Waals surface area contributed by atoms with Crippen LogP contribution in [0.1, 0.15) is 30.9 Å². The summed E-state index contributed by atoms with van der Waals surface area (Å²) >= 11 is 0. The van der Waals surface area contributed by atoms with Gasteiger partial charge in [-0.1, -0.05) is 0 Å². The largest absolute Gasteiger partial charge is 0.496 e. The lowest BCUT2D eigenvalue weighted by Crippen LogP contribution is -2.19. The predicted molar refractivity (Wildman–Crippen MR) is 102 cm³/mol. The fraction of sp³-hybridized carbons (Fsp3) is 0.500. The van der Waals surface area contributed by atoms with Gasteiger partial charge >= 0.3 is 0 Å². The average Bonchev–Trinajstić information content (AvgIpc) is 3.43. The molecule has 2 aliphatic heterocycles. The second-order valence-electron chi connectivity index (χ2n) is 6.79. The molecular formula is C20H27N3O4. The molecule has 2 aromatic rings. The summed E-state index contributed by atoms with van der Waals surface area (Å²) in [7, 11) is 1.75. The van der Waals surface area contributed by atoms with Gasteiger partial charge in [0.1, 0.15) is 11.6 Å². The highest BCUT2D eigenvalue weighted by Crippen LogP contribution is 2.30. The fourth-order valence-corrected chi connectivity index (χ4v) is 3.80. The third-order valence-corrected chi connectivity index (χ3v) is 5.10. The number of hydrogen-bond acceptors (Lipinski definition) is 5. The van der Waals surface area contributed by atoms with E-state index >= 15 is 0 Å². The smallest absolute Gasteiger partial charge is 0.290 e. The number of imidazole rings is 1. The highest BCUT2D eigenvalue weighted by Gasteiger charge is 2.21. The Balaban J connectivity index is 0.000000659. The molecule has 1 aromatic heterocycles. The summed E-state index contributed by atoms with van der Waals surface area (Å²) in [4.78, 5) is 15.5. The molecule has 2 aliphatic rings. The first-order valence-electron chi connectivity index (χ1n) is 9.35. The van der Waals surface area contributed by atoms with Crippen molar-refractivity contribution in [3.63, 3.8) is 0 Å². The van der Waals surface area contributed by atoms with Crippen molar-refractivity contribution in [2.75, 3.05) is 33.4 Å². The number of methoxy groups -OCH3 is 1. The van der Waals surface area contributed by atoms with Gasteiger partial charge in [0.25, 0.3) is 6.47 Å². The first-order valence-corrected chi connectivity index (χ1v) is 9.35. The van der Waals surface area contributed by atoms with Crippen LogP contribution in [-0.4, -0.2) is 59.4 Å². The van der Waals surface area contributed by atoms with Gasteiger partial charge in [0, 0.05) is 36.7 Å². The number of carboxylic acid groups (broad SMARTS) is 1. The number of hydrogen-bond donors (Lipinski definition) is 1. The lowest BCUT2D eigenvalue weighted by atomic mass is 10.1. The van der Waals surface area contributed by atoms with Crippen LogP contribution in [0, 0.1) is 0 Å². The molecule has 0 bridgehead atoms. The summed E-state index contributed by atoms with van der Waals surface area (Å²) in [6.45, 7) is 4.68. The third kappa shape index (κ3) is 4.67. The topological polar surface area (TPSA) is 76.8 Å². The van der Waals surface area contributed by atoms with E-state index in [4.69, 9.17) is 19.4 Å². The maximum atomic E-state index is 8.36. The molecule has 0 spiro atoms. The molecule has 0 radical (unpaired) electrons. The van der Waals surface area contributed by atoms with Crippen molar-refractivity contribution in [2.24, 2.45) is 0 Å². The van der Waals surface area contributed by atoms with Crippen molar-refractivity contribution >= 4 is 6.47 Å². The lowest BCUT2D eigenvalue weighted by molar-refractivity contribution is -0.122. The van der Waals surface area contributed by atoms with Gasteiger partial charge in [-0.25, -0.2) is 4.98 Å². The number of nitrogens with zero attached hydrogens (tertiary/aromatic N) is 3. The zero-order valence-electron chi connectivity index (χ0n) is 15.7. The molecule has 7 nitrogen and oxygen atoms in total. The quantitative estimate of drug-likeness (QED) is 0.812. The second kappa shape index (κ2) is 9.53. The van der Waals surface area contributed by atoms with Crippen LogP contribution in [0.2, 0.25) is 0 Å². The van der Waals surface area contributed by atoms with Crippen LogP contribution in [0.4, 0.5) is 0 Å². The zero-order chi connectivity index (χ0) is 19.1. The monoisotopic (exact) mass is 373 g/mol. The molecular weight excluding hydrogens is 346 g/mol. The van der Waals surface area contributed by atoms with Crippen LogP contribution < -0.4 is 4.74 Å². The number of rotatable bonds is 5. The van der Waals surface area contributed by atoms with Crippen molar-refractivity contribution in [3.05, 3.63) is 36.2 Å². The van der Waals surface area contributed by atoms with Crippen molar-refractivity contribution in [1.29, 1.82) is 0 Å². The van der Waals surface area contributed by atoms with Crippen molar-refractivity contribution in [3.8, 4) is 17.1 Å². The Morgan fingerprint density at radius 2 is 2.15 bits per heavy atom. The standard InChI is InChI=1S/C19H25N3O2.CH2O2/c1-23-18-5-4-15(12-16(18)13-21-8-2-3-9-21)19-20-7-10-22(19)17-6-11-24-14-17;2-1-3/h4-5,7,10,12,17H,2-3,6,8-9,11,13-14H2,1H3;1H,(H,2,3). The van der Waals surface area contributed by atoms with Gasteiger partial charge in [-0.2, -0.15) is 0 Å². The van der Waals surface area contributed by atoms with E-state index in [-0.39, 0.29) is 6.47 Å². The molecule has 1 N–H and O–H groups in total. The van der Waals surface area contributed by atoms with E-state index in [2.05, 4.69) is 38.8 Å². The van der Waals surface area contributed by atoms with Crippen LogP contribution >= 0.6 is 0 Å². The first kappa shape index (κ1) is 19.4. The van der Waals surface area contributed by atoms with Crippen LogP contribution in [0.3, 0.4) is 0 Å². The minimum Gasteiger partial charge on any atom is -0.496 e. The van der Waals surface area contributed by atoms with E-state index in [9.17, 15) is 0 Å². The molecule has 0 amide bonds. The number of ether oxygens (including phenoxy) is 2. The highest BCUT2D eigenvalue weighted by molar-refractivity contribution is 5.59. The number of benzene rings is 1. The fourth-order valence-electron chi connectivity index (χ4n) is 3.80. The molecule has 3 heterocycles. The number of carbonyl (C=O) groups is 1. The van der Waals surface area contributed by atoms with Crippen LogP contribution in [0.5, 0.6) is 5.75 Å². The molecule has 0 saturated carbocycles. The van der Waals surface area contributed by atoms with E-state index in [1.807, 2.05) is 6.20 Å². The predicted octanol–water partition coefficient (Wildman–Crippen LogP) is 2.82. The summed E-state index contributed by atoms with van der Waals surface area (Å²) in [5, 5.41) is 6.89. The minimum atomic E-state index is -0.250. The van der Waals surface area contributed by atoms with Crippen LogP contribution in [0.25, 0.3) is 11.4 Å². The van der Waals surface area contributed by atoms with Gasteiger partial charge < -0.3 is 19.1 Å². The summed E-state index contributed by atoms with van der Waals surface area (Å²) in [6.07, 6.45) is 7.61. The van der Waals surface area contributed by atoms with E-state index in [0.717, 1.165) is 43.3 Å². The Kier molecular flexibility index (Phi) is 6.84. The van der Waals surface area contributed by atoms with Gasteiger partial charge in [-0.05, 0) is 50.6 Å². The van der Waals surface area contributed by atoms with E-state index in [1.165, 1.54) is 31.5 Å². The molecule has 7 heteroatoms. The maximum absolute atomic E-state index is 8.36. The Labute approximate surface area is 159 Å². The molecule has 1 aromatic carbocycles. The summed E-state index contributed by atoms with van der Waals surface area (Å²) in [6, 6.07) is 6.82. The molecule has 146 valence electrons. The molecule has 0 aliphatic carbocycles. The molecule has 27 heavy (non-hydrogen) atoms. The summed E-state index contributed by atoms with van der Waals surface area (Å²) in [5.74, 6) is 1.99. The minimum absolute atomic E-state index is 0.250. The third-order valence-electron chi connectivity index (χ3n) is 5.10. The van der Waals surface area contributed by atoms with Gasteiger partial charge in [0.15, 0.2) is 0 Å². The highest BCUT2D eigenvalue weighted by atomic mass is 16.5. The van der Waals surface area contributed by atoms with E-state index < -0.39 is 0 Å². The van der Waals surface area contributed by atoms with Crippen LogP contribution in [0.15, 0.2) is 30.6 Å². The molecule has 4 rings (SSSR count). The van der Waals surface area contributed by atoms with Gasteiger partial charge in [0.05, 0.1) is 19.8 Å². The Bertz CT molecular complexity index is 735. The van der Waals surface area contributed by atoms with Crippen LogP contribution in [-0.2, 0) is 16.1 Å². The van der Waals surface area contributed by atoms with Crippen molar-refractivity contribution in [2.45, 2.75) is 31.8 Å². The van der Waals surface area contributed by atoms with E-state index in [1.54, 1.807) is 7.11 Å². The number of aromatic nitrogens is 2. The zero-order valence-corrected chi connectivity index (χ0v) is 15.7. The summed E-state index contributed by atoms with van der Waals surface area (Å²) < 4.78 is 13.4. The Morgan fingerprint density at radius 3 is 2.81 bits per heavy atom. The van der Waals surface area contributed by atoms with Gasteiger partial charge in [0.2, 0.25) is 0 Å². The normalized spacial score (nSPS) is 19.5. The molecule has 2 saturated heterocycles. The second-order valence-corrected chi connectivity index (χ2v) is 6.79. The molecule has 1 atom stereocenters. The lowest BCUT2D eigenvalue weighted by Gasteiger charge is -2.19. The van der Waals surface area contributed by atoms with E-state index in [0.29, 0.717) is 6.04 Å².